The van der Waals surface area contributed by atoms with Gasteiger partial charge in [0, 0.05) is 17.5 Å². The molecule has 0 amide bonds. The summed E-state index contributed by atoms with van der Waals surface area (Å²) in [5.41, 5.74) is 6.35. The molecule has 8 nitrogen and oxygen atoms in total. The lowest BCUT2D eigenvalue weighted by atomic mass is 9.76. The quantitative estimate of drug-likeness (QED) is 0.188. The number of benzene rings is 3. The van der Waals surface area contributed by atoms with Gasteiger partial charge in [-0.3, -0.25) is 18.9 Å². The molecule has 1 saturated carbocycles. The first-order valence-electron chi connectivity index (χ1n) is 15.8. The minimum absolute atomic E-state index is 0.0430. The van der Waals surface area contributed by atoms with Gasteiger partial charge in [0.15, 0.2) is 5.82 Å². The number of aryl methyl sites for hydroxylation is 2. The van der Waals surface area contributed by atoms with E-state index in [1.54, 1.807) is 4.57 Å². The lowest BCUT2D eigenvalue weighted by Crippen LogP contribution is -2.29. The zero-order valence-corrected chi connectivity index (χ0v) is 26.4. The van der Waals surface area contributed by atoms with E-state index in [0.29, 0.717) is 29.0 Å². The highest BCUT2D eigenvalue weighted by molar-refractivity contribution is 5.80. The summed E-state index contributed by atoms with van der Waals surface area (Å²) in [5.74, 6) is 1.30. The summed E-state index contributed by atoms with van der Waals surface area (Å²) in [5, 5.41) is 3.86. The summed E-state index contributed by atoms with van der Waals surface area (Å²) in [6.07, 6.45) is 6.81. The number of nitrogens with zero attached hydrogens (tertiary/aromatic N) is 3. The highest BCUT2D eigenvalue weighted by atomic mass is 16.5. The van der Waals surface area contributed by atoms with Crippen LogP contribution in [0.5, 0.6) is 5.75 Å². The van der Waals surface area contributed by atoms with Gasteiger partial charge in [-0.2, -0.15) is 0 Å². The van der Waals surface area contributed by atoms with Crippen molar-refractivity contribution in [3.63, 3.8) is 0 Å². The minimum Gasteiger partial charge on any atom is -0.490 e. The maximum Gasteiger partial charge on any atom is 0.439 e. The van der Waals surface area contributed by atoms with E-state index < -0.39 is 5.76 Å². The maximum absolute atomic E-state index is 14.1. The van der Waals surface area contributed by atoms with Gasteiger partial charge in [0.25, 0.3) is 5.56 Å². The van der Waals surface area contributed by atoms with Gasteiger partial charge in [-0.1, -0.05) is 80.9 Å². The van der Waals surface area contributed by atoms with Gasteiger partial charge < -0.3 is 4.74 Å². The fourth-order valence-corrected chi connectivity index (χ4v) is 6.29. The fraction of sp³-hybridized carbons (Fsp3) is 0.351. The van der Waals surface area contributed by atoms with Gasteiger partial charge in [0.05, 0.1) is 17.5 Å². The lowest BCUT2D eigenvalue weighted by Gasteiger charge is -2.34. The molecule has 0 spiro atoms. The van der Waals surface area contributed by atoms with Gasteiger partial charge >= 0.3 is 5.76 Å². The number of aromatic amines is 1. The van der Waals surface area contributed by atoms with E-state index in [-0.39, 0.29) is 11.7 Å². The Morgan fingerprint density at radius 1 is 0.956 bits per heavy atom. The molecule has 45 heavy (non-hydrogen) atoms. The summed E-state index contributed by atoms with van der Waals surface area (Å²) in [6, 6.07) is 23.7. The smallest absolute Gasteiger partial charge is 0.439 e. The summed E-state index contributed by atoms with van der Waals surface area (Å²) < 4.78 is 12.7. The topological polar surface area (TPSA) is 103 Å². The van der Waals surface area contributed by atoms with Crippen molar-refractivity contribution < 1.29 is 9.26 Å². The zero-order chi connectivity index (χ0) is 31.6. The first-order chi connectivity index (χ1) is 21.7. The third-order valence-corrected chi connectivity index (χ3v) is 8.87. The van der Waals surface area contributed by atoms with Crippen LogP contribution in [0.25, 0.3) is 28.2 Å². The molecule has 1 aliphatic carbocycles. The first kappa shape index (κ1) is 30.3. The maximum atomic E-state index is 14.1. The second kappa shape index (κ2) is 12.7. The van der Waals surface area contributed by atoms with Gasteiger partial charge in [-0.25, -0.2) is 9.78 Å². The largest absolute Gasteiger partial charge is 0.490 e. The molecule has 5 aromatic rings. The molecule has 1 aliphatic rings. The van der Waals surface area contributed by atoms with Crippen LogP contribution >= 0.6 is 0 Å². The highest BCUT2D eigenvalue weighted by Crippen LogP contribution is 2.36. The molecule has 0 atom stereocenters. The number of H-pyrrole nitrogens is 1. The molecule has 232 valence electrons. The van der Waals surface area contributed by atoms with Gasteiger partial charge in [0.1, 0.15) is 11.6 Å². The Kier molecular flexibility index (Phi) is 8.57. The van der Waals surface area contributed by atoms with E-state index in [0.717, 1.165) is 65.1 Å². The van der Waals surface area contributed by atoms with Crippen LogP contribution < -0.4 is 16.1 Å². The number of hydrogen-bond acceptors (Lipinski definition) is 6. The molecule has 8 heteroatoms. The van der Waals surface area contributed by atoms with Crippen LogP contribution in [-0.4, -0.2) is 25.8 Å². The molecule has 0 unspecified atom stereocenters. The third-order valence-electron chi connectivity index (χ3n) is 8.87. The zero-order valence-electron chi connectivity index (χ0n) is 26.4. The Bertz CT molecular complexity index is 1890. The van der Waals surface area contributed by atoms with E-state index in [4.69, 9.17) is 14.2 Å². The van der Waals surface area contributed by atoms with Crippen molar-refractivity contribution in [1.82, 2.24) is 19.7 Å². The van der Waals surface area contributed by atoms with Crippen molar-refractivity contribution in [1.29, 1.82) is 0 Å². The number of aromatic nitrogens is 4. The van der Waals surface area contributed by atoms with Gasteiger partial charge in [-0.05, 0) is 85.4 Å². The standard InChI is InChI=1S/C37H40N4O4/c1-5-8-33-32(23-25-11-13-26(14-12-25)30-9-6-7-10-31(30)34-39-36(43)45-40-34)35(42)41(24(2)38-33)27-15-17-28(18-16-27)44-29-19-21-37(3,4)22-20-29/h6-7,9-18,29H,5,8,19-23H2,1-4H3,(H,39,40,43). The van der Waals surface area contributed by atoms with Crippen LogP contribution in [0.1, 0.15) is 75.5 Å². The van der Waals surface area contributed by atoms with Crippen LogP contribution in [-0.2, 0) is 12.8 Å². The first-order valence-corrected chi connectivity index (χ1v) is 15.8. The van der Waals surface area contributed by atoms with E-state index in [1.165, 1.54) is 12.8 Å². The van der Waals surface area contributed by atoms with E-state index in [9.17, 15) is 9.59 Å². The van der Waals surface area contributed by atoms with Crippen LogP contribution in [0.2, 0.25) is 0 Å². The predicted octanol–water partition coefficient (Wildman–Crippen LogP) is 7.44. The summed E-state index contributed by atoms with van der Waals surface area (Å²) in [7, 11) is 0. The normalized spacial score (nSPS) is 14.8. The second-order valence-electron chi connectivity index (χ2n) is 12.8. The number of rotatable bonds is 9. The fourth-order valence-electron chi connectivity index (χ4n) is 6.29. The molecular weight excluding hydrogens is 564 g/mol. The lowest BCUT2D eigenvalue weighted by molar-refractivity contribution is 0.0988. The van der Waals surface area contributed by atoms with Crippen LogP contribution in [0, 0.1) is 12.3 Å². The predicted molar refractivity (Wildman–Crippen MR) is 176 cm³/mol. The van der Waals surface area contributed by atoms with Crippen molar-refractivity contribution in [2.24, 2.45) is 5.41 Å². The molecule has 2 heterocycles. The Hall–Kier alpha value is -4.72. The number of nitrogens with one attached hydrogen (secondary N) is 1. The van der Waals surface area contributed by atoms with Crippen molar-refractivity contribution in [3.8, 4) is 34.0 Å². The summed E-state index contributed by atoms with van der Waals surface area (Å²) >= 11 is 0. The molecule has 1 fully saturated rings. The molecule has 1 N–H and O–H groups in total. The minimum atomic E-state index is -0.594. The molecule has 0 aliphatic heterocycles. The SMILES string of the molecule is CCCc1nc(C)n(-c2ccc(OC3CCC(C)(C)CC3)cc2)c(=O)c1Cc1ccc(-c2ccccc2-c2noc(=O)[nH]2)cc1. The van der Waals surface area contributed by atoms with Gasteiger partial charge in [-0.15, -0.1) is 0 Å². The molecule has 2 aromatic heterocycles. The average molecular weight is 605 g/mol. The number of hydrogen-bond donors (Lipinski definition) is 1. The Morgan fingerprint density at radius 3 is 2.29 bits per heavy atom. The third kappa shape index (κ3) is 6.70. The highest BCUT2D eigenvalue weighted by Gasteiger charge is 2.28. The molecule has 0 bridgehead atoms. The van der Waals surface area contributed by atoms with Crippen molar-refractivity contribution >= 4 is 0 Å². The molecule has 3 aromatic carbocycles. The Balaban J connectivity index is 1.26. The Morgan fingerprint density at radius 2 is 1.64 bits per heavy atom. The second-order valence-corrected chi connectivity index (χ2v) is 12.8. The average Bonchev–Trinajstić information content (AvgIpc) is 3.47. The molecular formula is C37H40N4O4. The van der Waals surface area contributed by atoms with E-state index in [2.05, 4.69) is 30.9 Å². The van der Waals surface area contributed by atoms with Crippen molar-refractivity contribution in [3.05, 3.63) is 116 Å². The monoisotopic (exact) mass is 604 g/mol. The van der Waals surface area contributed by atoms with Gasteiger partial charge in [0.2, 0.25) is 0 Å². The van der Waals surface area contributed by atoms with Crippen molar-refractivity contribution in [2.45, 2.75) is 78.7 Å². The summed E-state index contributed by atoms with van der Waals surface area (Å²) in [6.45, 7) is 8.65. The number of ether oxygens (including phenoxy) is 1. The van der Waals surface area contributed by atoms with Crippen LogP contribution in [0.4, 0.5) is 0 Å². The molecule has 0 radical (unpaired) electrons. The van der Waals surface area contributed by atoms with Crippen LogP contribution in [0.15, 0.2) is 86.9 Å². The van der Waals surface area contributed by atoms with Crippen molar-refractivity contribution in [2.75, 3.05) is 0 Å². The van der Waals surface area contributed by atoms with E-state index in [1.807, 2.05) is 79.7 Å². The Labute approximate surface area is 263 Å². The molecule has 0 saturated heterocycles. The van der Waals surface area contributed by atoms with Crippen LogP contribution in [0.3, 0.4) is 0 Å². The summed E-state index contributed by atoms with van der Waals surface area (Å²) in [4.78, 5) is 33.2. The molecule has 6 rings (SSSR count). The van der Waals surface area contributed by atoms with E-state index >= 15 is 0 Å².